The Morgan fingerprint density at radius 2 is 1.64 bits per heavy atom. The van der Waals surface area contributed by atoms with E-state index in [0.717, 1.165) is 33.4 Å². The van der Waals surface area contributed by atoms with Gasteiger partial charge in [-0.2, -0.15) is 0 Å². The Labute approximate surface area is 259 Å². The number of rotatable bonds is 4. The fourth-order valence-electron chi connectivity index (χ4n) is 6.88. The topological polar surface area (TPSA) is 35.2 Å². The zero-order valence-corrected chi connectivity index (χ0v) is 27.1. The summed E-state index contributed by atoms with van der Waals surface area (Å²) in [4.78, 5) is 7.34. The number of ether oxygens (including phenoxy) is 1. The number of nitrogens with zero attached hydrogens (tertiary/aromatic N) is 4. The van der Waals surface area contributed by atoms with E-state index in [-0.39, 0.29) is 5.41 Å². The number of anilines is 2. The van der Waals surface area contributed by atoms with Crippen LogP contribution in [0.3, 0.4) is 0 Å². The van der Waals surface area contributed by atoms with Gasteiger partial charge < -0.3 is 0 Å². The van der Waals surface area contributed by atoms with Crippen molar-refractivity contribution in [3.63, 3.8) is 0 Å². The predicted octanol–water partition coefficient (Wildman–Crippen LogP) is 8.96. The van der Waals surface area contributed by atoms with Crippen molar-refractivity contribution in [1.82, 2.24) is 14.1 Å². The number of para-hydroxylation sites is 2. The van der Waals surface area contributed by atoms with E-state index >= 15 is 0 Å². The molecule has 0 saturated heterocycles. The molecular formula is C36H38N4OPt. The number of fused-ring (bicyclic) bond motifs is 4. The summed E-state index contributed by atoms with van der Waals surface area (Å²) in [7, 11) is 2.11. The Balaban J connectivity index is 1.27. The molecular weight excluding hydrogens is 700 g/mol. The Kier molecular flexibility index (Phi) is 6.97. The molecule has 1 aliphatic heterocycles. The van der Waals surface area contributed by atoms with Gasteiger partial charge in [0.25, 0.3) is 0 Å². The van der Waals surface area contributed by atoms with Crippen molar-refractivity contribution in [2.45, 2.75) is 57.8 Å². The molecule has 0 amide bonds. The van der Waals surface area contributed by atoms with Crippen LogP contribution in [0.2, 0.25) is 0 Å². The average molecular weight is 738 g/mol. The molecule has 2 aliphatic rings. The van der Waals surface area contributed by atoms with Gasteiger partial charge in [0.2, 0.25) is 0 Å². The van der Waals surface area contributed by atoms with Crippen LogP contribution in [0.5, 0.6) is 11.5 Å². The molecule has 6 heteroatoms. The van der Waals surface area contributed by atoms with Crippen molar-refractivity contribution < 1.29 is 24.1 Å². The summed E-state index contributed by atoms with van der Waals surface area (Å²) < 4.78 is 12.3. The van der Waals surface area contributed by atoms with Gasteiger partial charge in [-0.25, -0.2) is 0 Å². The van der Waals surface area contributed by atoms with E-state index in [0.29, 0.717) is 11.8 Å². The molecule has 1 aliphatic carbocycles. The number of aryl methyl sites for hydroxylation is 1. The van der Waals surface area contributed by atoms with Crippen LogP contribution in [0.25, 0.3) is 16.7 Å². The maximum absolute atomic E-state index is 6.59. The van der Waals surface area contributed by atoms with E-state index in [2.05, 4.69) is 134 Å². The molecule has 1 saturated carbocycles. The molecule has 218 valence electrons. The second kappa shape index (κ2) is 10.7. The summed E-state index contributed by atoms with van der Waals surface area (Å²) in [5, 5.41) is 0. The van der Waals surface area contributed by atoms with Crippen molar-refractivity contribution in [3.8, 4) is 17.2 Å². The molecule has 2 unspecified atom stereocenters. The van der Waals surface area contributed by atoms with Crippen LogP contribution < -0.4 is 9.64 Å². The summed E-state index contributed by atoms with van der Waals surface area (Å²) in [5.74, 6) is 3.99. The SMILES string of the molecule is Cn1[c](=[Pt])n(-c2cccc(Oc3ccc4c(c3)N(c3cc(C(C)(C)C)ccn3)CC3CCCCC43)c2)c2ccccc21. The van der Waals surface area contributed by atoms with Gasteiger partial charge >= 0.3 is 197 Å². The van der Waals surface area contributed by atoms with Gasteiger partial charge in [0, 0.05) is 6.20 Å². The second-order valence-electron chi connectivity index (χ2n) is 12.9. The molecule has 0 N–H and O–H groups in total. The third kappa shape index (κ3) is 4.86. The Bertz CT molecular complexity index is 1850. The average Bonchev–Trinajstić information content (AvgIpc) is 3.26. The number of benzene rings is 3. The van der Waals surface area contributed by atoms with Gasteiger partial charge in [0.05, 0.1) is 0 Å². The number of hydrogen-bond donors (Lipinski definition) is 0. The van der Waals surface area contributed by atoms with Crippen LogP contribution in [0.1, 0.15) is 63.5 Å². The van der Waals surface area contributed by atoms with Crippen LogP contribution in [0.15, 0.2) is 85.1 Å². The maximum atomic E-state index is 6.59. The third-order valence-corrected chi connectivity index (χ3v) is 10.4. The van der Waals surface area contributed by atoms with Crippen molar-refractivity contribution in [2.75, 3.05) is 11.4 Å². The number of aromatic nitrogens is 3. The van der Waals surface area contributed by atoms with Gasteiger partial charge in [0.15, 0.2) is 0 Å². The molecule has 7 rings (SSSR count). The monoisotopic (exact) mass is 737 g/mol. The summed E-state index contributed by atoms with van der Waals surface area (Å²) in [6.07, 6.45) is 7.17. The van der Waals surface area contributed by atoms with Crippen molar-refractivity contribution >= 4 is 22.5 Å². The first kappa shape index (κ1) is 27.4. The van der Waals surface area contributed by atoms with Crippen LogP contribution in [-0.2, 0) is 31.8 Å². The van der Waals surface area contributed by atoms with E-state index < -0.39 is 0 Å². The molecule has 2 aromatic heterocycles. The zero-order chi connectivity index (χ0) is 29.0. The molecule has 42 heavy (non-hydrogen) atoms. The van der Waals surface area contributed by atoms with E-state index in [1.807, 2.05) is 12.3 Å². The molecule has 3 aromatic carbocycles. The second-order valence-corrected chi connectivity index (χ2v) is 13.9. The Morgan fingerprint density at radius 1 is 0.857 bits per heavy atom. The van der Waals surface area contributed by atoms with Crippen LogP contribution in [0.4, 0.5) is 11.5 Å². The minimum atomic E-state index is 0.0691. The third-order valence-electron chi connectivity index (χ3n) is 9.13. The molecule has 0 radical (unpaired) electrons. The molecule has 0 spiro atoms. The number of pyridine rings is 1. The van der Waals surface area contributed by atoms with E-state index in [4.69, 9.17) is 9.72 Å². The summed E-state index contributed by atoms with van der Waals surface area (Å²) in [5.41, 5.74) is 7.53. The number of hydrogen-bond acceptors (Lipinski definition) is 3. The predicted molar refractivity (Wildman–Crippen MR) is 167 cm³/mol. The van der Waals surface area contributed by atoms with Gasteiger partial charge in [0.1, 0.15) is 0 Å². The molecule has 2 atom stereocenters. The summed E-state index contributed by atoms with van der Waals surface area (Å²) >= 11 is 2.40. The normalized spacial score (nSPS) is 18.6. The molecule has 5 aromatic rings. The van der Waals surface area contributed by atoms with E-state index in [9.17, 15) is 0 Å². The van der Waals surface area contributed by atoms with Crippen molar-refractivity contribution in [2.24, 2.45) is 13.0 Å². The standard InChI is InChI=1S/C36H38N4O.Pt/c1-36(2,3)26-18-19-37-35(20-26)39-23-25-10-5-6-13-30(25)31-17-16-29(22-34(31)39)41-28-12-9-11-27(21-28)40-24-38(4)32-14-7-8-15-33(32)40;/h7-9,11-12,14-22,25,30H,5-6,10,13,23H2,1-4H3;. The first-order chi connectivity index (χ1) is 20.3. The first-order valence-electron chi connectivity index (χ1n) is 15.1. The Hall–Kier alpha value is -3.43. The molecule has 5 nitrogen and oxygen atoms in total. The van der Waals surface area contributed by atoms with Gasteiger partial charge in [-0.1, -0.05) is 33.6 Å². The summed E-state index contributed by atoms with van der Waals surface area (Å²) in [6.45, 7) is 7.81. The number of imidazole rings is 1. The summed E-state index contributed by atoms with van der Waals surface area (Å²) in [6, 6.07) is 28.1. The molecule has 0 bridgehead atoms. The minimum absolute atomic E-state index is 0.0691. The fraction of sp³-hybridized carbons (Fsp3) is 0.333. The van der Waals surface area contributed by atoms with Crippen LogP contribution >= 0.6 is 0 Å². The molecule has 1 fully saturated rings. The quantitative estimate of drug-likeness (QED) is 0.185. The van der Waals surface area contributed by atoms with Crippen LogP contribution in [0, 0.1) is 9.72 Å². The van der Waals surface area contributed by atoms with Gasteiger partial charge in [-0.3, -0.25) is 0 Å². The van der Waals surface area contributed by atoms with Gasteiger partial charge in [-0.15, -0.1) is 0 Å². The Morgan fingerprint density at radius 3 is 2.48 bits per heavy atom. The van der Waals surface area contributed by atoms with E-state index in [1.165, 1.54) is 53.5 Å². The fourth-order valence-corrected chi connectivity index (χ4v) is 7.72. The van der Waals surface area contributed by atoms with Crippen molar-refractivity contribution in [3.05, 3.63) is 100.0 Å². The zero-order valence-electron chi connectivity index (χ0n) is 24.8. The van der Waals surface area contributed by atoms with Crippen molar-refractivity contribution in [1.29, 1.82) is 0 Å². The van der Waals surface area contributed by atoms with Gasteiger partial charge in [-0.05, 0) is 23.5 Å². The molecule has 3 heterocycles. The van der Waals surface area contributed by atoms with Crippen LogP contribution in [-0.4, -0.2) is 20.7 Å². The first-order valence-corrected chi connectivity index (χ1v) is 16.2. The van der Waals surface area contributed by atoms with E-state index in [1.54, 1.807) is 0 Å².